The van der Waals surface area contributed by atoms with E-state index >= 15 is 0 Å². The summed E-state index contributed by atoms with van der Waals surface area (Å²) < 4.78 is 190. The molecule has 7 aromatic rings. The lowest BCUT2D eigenvalue weighted by molar-refractivity contribution is 0.487. The fourth-order valence-corrected chi connectivity index (χ4v) is 4.42. The van der Waals surface area contributed by atoms with E-state index in [0.29, 0.717) is 0 Å². The molecule has 1 aliphatic rings. The Hall–Kier alpha value is -4.82. The van der Waals surface area contributed by atoms with Crippen molar-refractivity contribution in [2.75, 3.05) is 0 Å². The highest BCUT2D eigenvalue weighted by Gasteiger charge is 2.21. The number of ether oxygens (including phenoxy) is 1. The van der Waals surface area contributed by atoms with Crippen molar-refractivity contribution < 1.29 is 33.5 Å². The maximum Gasteiger partial charge on any atom is 0.135 e. The Kier molecular flexibility index (Phi) is 1.65. The van der Waals surface area contributed by atoms with Crippen molar-refractivity contribution in [1.29, 1.82) is 0 Å². The topological polar surface area (TPSA) is 14.2 Å². The standard InChI is InChI=1S/C34H21NO/c1-2-11-24(12-3-1)35-29-16-5-4-13-27(29)34-25(14-8-17-30(34)35)23-19-20-31-28(21-23)26-15-6-9-22-10-7-18-32(36-31)33(22)26/h1-21H/i1D,2D,3D,4D,5D,6D,7D,8D,9D,10D,11D,12D,13D,14D,15D,16D,17D,18D,19D,20D,21D. The fourth-order valence-electron chi connectivity index (χ4n) is 4.42. The van der Waals surface area contributed by atoms with Gasteiger partial charge < -0.3 is 9.30 Å². The van der Waals surface area contributed by atoms with Gasteiger partial charge in [0.05, 0.1) is 39.8 Å². The van der Waals surface area contributed by atoms with E-state index in [1.54, 1.807) is 0 Å². The Morgan fingerprint density at radius 3 is 2.19 bits per heavy atom. The van der Waals surface area contributed by atoms with Crippen LogP contribution in [0.4, 0.5) is 0 Å². The lowest BCUT2D eigenvalue weighted by Gasteiger charge is -2.22. The summed E-state index contributed by atoms with van der Waals surface area (Å²) >= 11 is 0. The van der Waals surface area contributed by atoms with E-state index in [1.807, 2.05) is 0 Å². The van der Waals surface area contributed by atoms with Crippen molar-refractivity contribution in [3.05, 3.63) is 127 Å². The summed E-state index contributed by atoms with van der Waals surface area (Å²) in [5.74, 6) is -1.06. The summed E-state index contributed by atoms with van der Waals surface area (Å²) in [6.45, 7) is 0. The minimum atomic E-state index is -0.912. The van der Waals surface area contributed by atoms with Crippen LogP contribution in [0.5, 0.6) is 11.5 Å². The zero-order valence-corrected chi connectivity index (χ0v) is 17.9. The Balaban J connectivity index is 1.67. The molecule has 0 fully saturated rings. The van der Waals surface area contributed by atoms with Crippen LogP contribution >= 0.6 is 0 Å². The highest BCUT2D eigenvalue weighted by atomic mass is 16.5. The van der Waals surface area contributed by atoms with Crippen LogP contribution in [0.2, 0.25) is 0 Å². The zero-order valence-electron chi connectivity index (χ0n) is 38.9. The number of hydrogen-bond donors (Lipinski definition) is 0. The van der Waals surface area contributed by atoms with Crippen LogP contribution in [0.25, 0.3) is 60.5 Å². The molecule has 6 aromatic carbocycles. The summed E-state index contributed by atoms with van der Waals surface area (Å²) in [5.41, 5.74) is -3.90. The van der Waals surface area contributed by atoms with Crippen LogP contribution in [-0.4, -0.2) is 4.57 Å². The molecule has 8 rings (SSSR count). The van der Waals surface area contributed by atoms with Gasteiger partial charge in [-0.2, -0.15) is 0 Å². The van der Waals surface area contributed by atoms with Gasteiger partial charge in [-0.15, -0.1) is 0 Å². The fraction of sp³-hybridized carbons (Fsp3) is 0. The molecular formula is C34H21NO. The second-order valence-electron chi connectivity index (χ2n) is 7.77. The maximum atomic E-state index is 9.59. The molecule has 0 N–H and O–H groups in total. The SMILES string of the molecule is [2H]c1c([2H])c([2H])c(-n2c3c([2H])c([2H])c([2H])c([2H])c3c3c(-c4c([2H])c([2H])c5c(c4[2H])-c4c([2H])c([2H])c([2H])c6c([2H])c([2H])c([2H])c(c46)O5)c([2H])c([2H])c([2H])c32)c([2H])c1[2H]. The molecule has 0 amide bonds. The molecule has 1 aliphatic heterocycles. The van der Waals surface area contributed by atoms with Gasteiger partial charge in [0.2, 0.25) is 0 Å². The molecule has 1 aromatic heterocycles. The smallest absolute Gasteiger partial charge is 0.135 e. The second kappa shape index (κ2) is 7.34. The number of para-hydroxylation sites is 2. The van der Waals surface area contributed by atoms with Crippen LogP contribution in [0.15, 0.2) is 127 Å². The molecule has 0 saturated carbocycles. The first-order valence-electron chi connectivity index (χ1n) is 21.1. The number of aromatic nitrogens is 1. The third-order valence-corrected chi connectivity index (χ3v) is 5.88. The van der Waals surface area contributed by atoms with E-state index in [2.05, 4.69) is 0 Å². The van der Waals surface area contributed by atoms with Crippen molar-refractivity contribution >= 4 is 32.6 Å². The highest BCUT2D eigenvalue weighted by molar-refractivity contribution is 6.16. The van der Waals surface area contributed by atoms with Crippen molar-refractivity contribution in [1.82, 2.24) is 4.57 Å². The summed E-state index contributed by atoms with van der Waals surface area (Å²) in [6, 6.07) is -16.7. The summed E-state index contributed by atoms with van der Waals surface area (Å²) in [6.07, 6.45) is 0. The van der Waals surface area contributed by atoms with Crippen LogP contribution in [0.3, 0.4) is 0 Å². The van der Waals surface area contributed by atoms with Crippen molar-refractivity contribution in [3.8, 4) is 39.4 Å². The van der Waals surface area contributed by atoms with Crippen molar-refractivity contribution in [3.63, 3.8) is 0 Å². The molecule has 2 nitrogen and oxygen atoms in total. The van der Waals surface area contributed by atoms with Crippen LogP contribution in [0.1, 0.15) is 28.8 Å². The zero-order chi connectivity index (χ0) is 41.9. The molecule has 2 heteroatoms. The molecule has 168 valence electrons. The molecule has 0 saturated heterocycles. The minimum Gasteiger partial charge on any atom is -0.456 e. The van der Waals surface area contributed by atoms with E-state index in [9.17, 15) is 4.11 Å². The van der Waals surface area contributed by atoms with Crippen molar-refractivity contribution in [2.45, 2.75) is 0 Å². The number of hydrogen-bond acceptors (Lipinski definition) is 1. The quantitative estimate of drug-likeness (QED) is 0.240. The molecule has 0 atom stereocenters. The van der Waals surface area contributed by atoms with Gasteiger partial charge >= 0.3 is 0 Å². The first kappa shape index (κ1) is 8.11. The third-order valence-electron chi connectivity index (χ3n) is 5.88. The van der Waals surface area contributed by atoms with E-state index in [-0.39, 0.29) is 16.3 Å². The molecule has 36 heavy (non-hydrogen) atoms. The van der Waals surface area contributed by atoms with Gasteiger partial charge in [0, 0.05) is 27.4 Å². The average Bonchev–Trinajstić information content (AvgIpc) is 3.53. The van der Waals surface area contributed by atoms with E-state index in [0.717, 1.165) is 4.57 Å². The first-order chi connectivity index (χ1) is 26.6. The Labute approximate surface area is 238 Å². The number of benzene rings is 6. The second-order valence-corrected chi connectivity index (χ2v) is 7.77. The predicted octanol–water partition coefficient (Wildman–Crippen LogP) is 9.38. The Bertz CT molecular complexity index is 3080. The number of nitrogens with zero attached hydrogens (tertiary/aromatic N) is 1. The number of fused-ring (bicyclic) bond motifs is 5. The highest BCUT2D eigenvalue weighted by Crippen LogP contribution is 2.48. The number of rotatable bonds is 2. The van der Waals surface area contributed by atoms with Gasteiger partial charge in [0.25, 0.3) is 0 Å². The molecule has 0 aliphatic carbocycles. The monoisotopic (exact) mass is 480 g/mol. The first-order valence-corrected chi connectivity index (χ1v) is 10.6. The molecule has 0 bridgehead atoms. The lowest BCUT2D eigenvalue weighted by atomic mass is 9.91. The van der Waals surface area contributed by atoms with Crippen LogP contribution in [-0.2, 0) is 0 Å². The predicted molar refractivity (Wildman–Crippen MR) is 149 cm³/mol. The molecule has 0 radical (unpaired) electrons. The molecule has 2 heterocycles. The Morgan fingerprint density at radius 1 is 0.528 bits per heavy atom. The molecule has 0 spiro atoms. The lowest BCUT2D eigenvalue weighted by Crippen LogP contribution is -1.97. The van der Waals surface area contributed by atoms with Gasteiger partial charge in [-0.05, 0) is 64.4 Å². The van der Waals surface area contributed by atoms with E-state index in [1.165, 1.54) is 0 Å². The normalized spacial score (nSPS) is 20.3. The largest absolute Gasteiger partial charge is 0.456 e. The van der Waals surface area contributed by atoms with E-state index < -0.39 is 183 Å². The average molecular weight is 481 g/mol. The Morgan fingerprint density at radius 2 is 1.28 bits per heavy atom. The van der Waals surface area contributed by atoms with E-state index in [4.69, 9.17) is 29.4 Å². The molecular weight excluding hydrogens is 438 g/mol. The van der Waals surface area contributed by atoms with Gasteiger partial charge in [0.15, 0.2) is 0 Å². The van der Waals surface area contributed by atoms with Gasteiger partial charge in [-0.1, -0.05) is 84.6 Å². The maximum absolute atomic E-state index is 9.59. The summed E-state index contributed by atoms with van der Waals surface area (Å²) in [4.78, 5) is 0. The van der Waals surface area contributed by atoms with Gasteiger partial charge in [-0.25, -0.2) is 0 Å². The summed E-state index contributed by atoms with van der Waals surface area (Å²) in [7, 11) is 0. The van der Waals surface area contributed by atoms with Gasteiger partial charge in [-0.3, -0.25) is 0 Å². The van der Waals surface area contributed by atoms with Crippen LogP contribution < -0.4 is 4.74 Å². The van der Waals surface area contributed by atoms with Crippen molar-refractivity contribution in [2.24, 2.45) is 0 Å². The van der Waals surface area contributed by atoms with Crippen LogP contribution in [0, 0.1) is 0 Å². The third kappa shape index (κ3) is 2.67. The van der Waals surface area contributed by atoms with Gasteiger partial charge in [0.1, 0.15) is 11.5 Å². The minimum absolute atomic E-state index is 0.276. The molecule has 0 unspecified atom stereocenters. The summed E-state index contributed by atoms with van der Waals surface area (Å²) in [5, 5.41) is -1.61.